The van der Waals surface area contributed by atoms with Gasteiger partial charge in [0.05, 0.1) is 0 Å². The monoisotopic (exact) mass is 197 g/mol. The van der Waals surface area contributed by atoms with E-state index in [0.717, 1.165) is 12.1 Å². The fourth-order valence-corrected chi connectivity index (χ4v) is 1.27. The van der Waals surface area contributed by atoms with Crippen LogP contribution in [0.1, 0.15) is 23.1 Å². The van der Waals surface area contributed by atoms with Gasteiger partial charge in [0, 0.05) is 5.69 Å². The zero-order valence-corrected chi connectivity index (χ0v) is 8.39. The summed E-state index contributed by atoms with van der Waals surface area (Å²) < 4.78 is 0. The highest BCUT2D eigenvalue weighted by Gasteiger charge is 2.06. The van der Waals surface area contributed by atoms with Crippen LogP contribution in [-0.4, -0.2) is 22.1 Å². The van der Waals surface area contributed by atoms with Crippen LogP contribution in [-0.2, 0) is 6.42 Å². The van der Waals surface area contributed by atoms with Crippen molar-refractivity contribution < 1.29 is 4.79 Å². The quantitative estimate of drug-likeness (QED) is 0.576. The normalized spacial score (nSPS) is 10.0. The van der Waals surface area contributed by atoms with Crippen molar-refractivity contribution >= 4 is 17.7 Å². The lowest BCUT2D eigenvalue weighted by Crippen LogP contribution is -2.14. The Morgan fingerprint density at radius 3 is 2.77 bits per heavy atom. The standard InChI is InChI=1S/C8H11N3OS/c1-3-5-4-6(7(9)12)11-8(10-5)13-2/h4H,3H2,1-2H3,(H2,9,12). The molecule has 1 amide bonds. The maximum absolute atomic E-state index is 10.9. The zero-order valence-electron chi connectivity index (χ0n) is 7.57. The molecule has 0 atom stereocenters. The third-order valence-corrected chi connectivity index (χ3v) is 2.10. The van der Waals surface area contributed by atoms with Crippen molar-refractivity contribution in [2.45, 2.75) is 18.5 Å². The number of amides is 1. The van der Waals surface area contributed by atoms with Crippen LogP contribution in [0.25, 0.3) is 0 Å². The number of carbonyl (C=O) groups is 1. The molecule has 0 spiro atoms. The van der Waals surface area contributed by atoms with E-state index in [4.69, 9.17) is 5.73 Å². The molecular formula is C8H11N3OS. The van der Waals surface area contributed by atoms with Crippen LogP contribution in [0.2, 0.25) is 0 Å². The molecule has 0 saturated heterocycles. The number of carbonyl (C=O) groups excluding carboxylic acids is 1. The van der Waals surface area contributed by atoms with E-state index >= 15 is 0 Å². The smallest absolute Gasteiger partial charge is 0.267 e. The molecule has 0 aliphatic rings. The second-order valence-corrected chi connectivity index (χ2v) is 3.22. The number of nitrogens with two attached hydrogens (primary N) is 1. The van der Waals surface area contributed by atoms with Gasteiger partial charge in [0.15, 0.2) is 5.16 Å². The fourth-order valence-electron chi connectivity index (χ4n) is 0.872. The number of thioether (sulfide) groups is 1. The van der Waals surface area contributed by atoms with Gasteiger partial charge in [-0.1, -0.05) is 18.7 Å². The van der Waals surface area contributed by atoms with Gasteiger partial charge in [-0.3, -0.25) is 4.79 Å². The first-order valence-electron chi connectivity index (χ1n) is 3.89. The molecule has 1 heterocycles. The summed E-state index contributed by atoms with van der Waals surface area (Å²) in [4.78, 5) is 19.0. The molecule has 1 aromatic heterocycles. The molecule has 0 aliphatic heterocycles. The number of aromatic nitrogens is 2. The van der Waals surface area contributed by atoms with Crippen LogP contribution in [0.5, 0.6) is 0 Å². The summed E-state index contributed by atoms with van der Waals surface area (Å²) in [6, 6.07) is 1.63. The van der Waals surface area contributed by atoms with Gasteiger partial charge in [0.2, 0.25) is 0 Å². The Hall–Kier alpha value is -1.10. The Bertz CT molecular complexity index is 305. The first-order valence-corrected chi connectivity index (χ1v) is 5.11. The number of hydrogen-bond donors (Lipinski definition) is 1. The summed E-state index contributed by atoms with van der Waals surface area (Å²) in [6.45, 7) is 1.97. The second-order valence-electron chi connectivity index (χ2n) is 2.45. The number of rotatable bonds is 3. The maximum atomic E-state index is 10.9. The lowest BCUT2D eigenvalue weighted by Gasteiger charge is -2.01. The lowest BCUT2D eigenvalue weighted by atomic mass is 10.3. The van der Waals surface area contributed by atoms with Crippen molar-refractivity contribution in [1.82, 2.24) is 9.97 Å². The van der Waals surface area contributed by atoms with E-state index in [0.29, 0.717) is 5.16 Å². The maximum Gasteiger partial charge on any atom is 0.267 e. The number of aryl methyl sites for hydroxylation is 1. The molecule has 0 radical (unpaired) electrons. The van der Waals surface area contributed by atoms with Gasteiger partial charge in [0.1, 0.15) is 5.69 Å². The van der Waals surface area contributed by atoms with Crippen molar-refractivity contribution in [1.29, 1.82) is 0 Å². The highest BCUT2D eigenvalue weighted by Crippen LogP contribution is 2.10. The van der Waals surface area contributed by atoms with Crippen molar-refractivity contribution in [2.24, 2.45) is 5.73 Å². The Morgan fingerprint density at radius 1 is 1.62 bits per heavy atom. The Labute approximate surface area is 81.0 Å². The lowest BCUT2D eigenvalue weighted by molar-refractivity contribution is 0.0994. The third kappa shape index (κ3) is 2.42. The molecule has 0 bridgehead atoms. The largest absolute Gasteiger partial charge is 0.364 e. The van der Waals surface area contributed by atoms with Gasteiger partial charge in [-0.15, -0.1) is 0 Å². The predicted octanol–water partition coefficient (Wildman–Crippen LogP) is 0.860. The Morgan fingerprint density at radius 2 is 2.31 bits per heavy atom. The predicted molar refractivity (Wildman–Crippen MR) is 51.7 cm³/mol. The van der Waals surface area contributed by atoms with Crippen molar-refractivity contribution in [2.75, 3.05) is 6.26 Å². The van der Waals surface area contributed by atoms with E-state index in [1.54, 1.807) is 6.07 Å². The first kappa shape index (κ1) is 9.98. The molecule has 0 unspecified atom stereocenters. The van der Waals surface area contributed by atoms with Crippen LogP contribution < -0.4 is 5.73 Å². The average molecular weight is 197 g/mol. The van der Waals surface area contributed by atoms with E-state index in [9.17, 15) is 4.79 Å². The zero-order chi connectivity index (χ0) is 9.84. The highest BCUT2D eigenvalue weighted by atomic mass is 32.2. The molecule has 1 rings (SSSR count). The fraction of sp³-hybridized carbons (Fsp3) is 0.375. The minimum atomic E-state index is -0.507. The van der Waals surface area contributed by atoms with Crippen LogP contribution in [0.3, 0.4) is 0 Å². The highest BCUT2D eigenvalue weighted by molar-refractivity contribution is 7.98. The van der Waals surface area contributed by atoms with Gasteiger partial charge in [-0.2, -0.15) is 0 Å². The average Bonchev–Trinajstić information content (AvgIpc) is 2.16. The second kappa shape index (κ2) is 4.23. The van der Waals surface area contributed by atoms with Crippen LogP contribution in [0, 0.1) is 0 Å². The SMILES string of the molecule is CCc1cc(C(N)=O)nc(SC)n1. The minimum Gasteiger partial charge on any atom is -0.364 e. The van der Waals surface area contributed by atoms with E-state index in [1.807, 2.05) is 13.2 Å². The van der Waals surface area contributed by atoms with Crippen molar-refractivity contribution in [3.8, 4) is 0 Å². The van der Waals surface area contributed by atoms with Gasteiger partial charge in [-0.25, -0.2) is 9.97 Å². The van der Waals surface area contributed by atoms with Crippen molar-refractivity contribution in [3.63, 3.8) is 0 Å². The molecule has 0 fully saturated rings. The number of hydrogen-bond acceptors (Lipinski definition) is 4. The van der Waals surface area contributed by atoms with Gasteiger partial charge in [0.25, 0.3) is 5.91 Å². The summed E-state index contributed by atoms with van der Waals surface area (Å²) in [7, 11) is 0. The number of nitrogens with zero attached hydrogens (tertiary/aromatic N) is 2. The summed E-state index contributed by atoms with van der Waals surface area (Å²) >= 11 is 1.40. The molecule has 4 nitrogen and oxygen atoms in total. The van der Waals surface area contributed by atoms with Gasteiger partial charge in [-0.05, 0) is 18.7 Å². The topological polar surface area (TPSA) is 68.9 Å². The van der Waals surface area contributed by atoms with E-state index < -0.39 is 5.91 Å². The van der Waals surface area contributed by atoms with Crippen molar-refractivity contribution in [3.05, 3.63) is 17.5 Å². The third-order valence-electron chi connectivity index (χ3n) is 1.56. The first-order chi connectivity index (χ1) is 6.17. The van der Waals surface area contributed by atoms with Crippen LogP contribution >= 0.6 is 11.8 Å². The molecule has 0 aromatic carbocycles. The molecule has 5 heteroatoms. The number of primary amides is 1. The molecule has 1 aromatic rings. The molecule has 70 valence electrons. The molecule has 2 N–H and O–H groups in total. The summed E-state index contributed by atoms with van der Waals surface area (Å²) in [5.41, 5.74) is 6.25. The Kier molecular flexibility index (Phi) is 3.25. The van der Waals surface area contributed by atoms with E-state index in [2.05, 4.69) is 9.97 Å². The van der Waals surface area contributed by atoms with Crippen LogP contribution in [0.4, 0.5) is 0 Å². The minimum absolute atomic E-state index is 0.288. The van der Waals surface area contributed by atoms with E-state index in [-0.39, 0.29) is 5.69 Å². The Balaban J connectivity index is 3.14. The molecular weight excluding hydrogens is 186 g/mol. The summed E-state index contributed by atoms with van der Waals surface area (Å²) in [5.74, 6) is -0.507. The summed E-state index contributed by atoms with van der Waals surface area (Å²) in [5, 5.41) is 0.591. The summed E-state index contributed by atoms with van der Waals surface area (Å²) in [6.07, 6.45) is 2.63. The molecule has 0 aliphatic carbocycles. The molecule has 13 heavy (non-hydrogen) atoms. The van der Waals surface area contributed by atoms with E-state index in [1.165, 1.54) is 11.8 Å². The van der Waals surface area contributed by atoms with Crippen LogP contribution in [0.15, 0.2) is 11.2 Å². The molecule has 0 saturated carbocycles. The van der Waals surface area contributed by atoms with Gasteiger partial charge >= 0.3 is 0 Å². The van der Waals surface area contributed by atoms with Gasteiger partial charge < -0.3 is 5.73 Å².